The summed E-state index contributed by atoms with van der Waals surface area (Å²) in [6, 6.07) is 10.6. The quantitative estimate of drug-likeness (QED) is 0.289. The molecule has 31 heavy (non-hydrogen) atoms. The molecule has 1 unspecified atom stereocenters. The van der Waals surface area contributed by atoms with Crippen molar-refractivity contribution in [2.24, 2.45) is 12.0 Å². The molecule has 2 aromatic heterocycles. The van der Waals surface area contributed by atoms with Gasteiger partial charge in [-0.1, -0.05) is 12.1 Å². The van der Waals surface area contributed by atoms with Gasteiger partial charge in [0.2, 0.25) is 0 Å². The summed E-state index contributed by atoms with van der Waals surface area (Å²) in [5, 5.41) is 15.6. The number of anilines is 1. The number of nitrogens with one attached hydrogen (secondary N) is 2. The largest absolute Gasteiger partial charge is 0.367 e. The summed E-state index contributed by atoms with van der Waals surface area (Å²) in [5.41, 5.74) is 3.38. The number of aromatic nitrogens is 4. The SMILES string of the molecule is CCNC(=NCc1cccc(-n2cccn2)c1)NC1CCCN(c2cnn(C)c2)C1.I. The van der Waals surface area contributed by atoms with E-state index in [0.717, 1.165) is 49.7 Å². The lowest BCUT2D eigenvalue weighted by Gasteiger charge is -2.34. The maximum absolute atomic E-state index is 4.83. The highest BCUT2D eigenvalue weighted by atomic mass is 127. The predicted molar refractivity (Wildman–Crippen MR) is 135 cm³/mol. The number of rotatable bonds is 6. The highest BCUT2D eigenvalue weighted by Gasteiger charge is 2.21. The van der Waals surface area contributed by atoms with Crippen LogP contribution in [-0.4, -0.2) is 51.2 Å². The van der Waals surface area contributed by atoms with Crippen molar-refractivity contribution in [3.8, 4) is 5.69 Å². The number of piperidine rings is 1. The maximum Gasteiger partial charge on any atom is 0.191 e. The van der Waals surface area contributed by atoms with E-state index in [2.05, 4.69) is 63.1 Å². The van der Waals surface area contributed by atoms with E-state index in [1.165, 1.54) is 5.69 Å². The van der Waals surface area contributed by atoms with Crippen molar-refractivity contribution in [1.29, 1.82) is 0 Å². The summed E-state index contributed by atoms with van der Waals surface area (Å²) in [6.45, 7) is 5.56. The zero-order chi connectivity index (χ0) is 20.8. The van der Waals surface area contributed by atoms with E-state index in [1.54, 1.807) is 6.20 Å². The molecule has 1 saturated heterocycles. The smallest absolute Gasteiger partial charge is 0.191 e. The molecule has 9 heteroatoms. The average molecular weight is 534 g/mol. The van der Waals surface area contributed by atoms with E-state index in [4.69, 9.17) is 4.99 Å². The summed E-state index contributed by atoms with van der Waals surface area (Å²) in [5.74, 6) is 0.861. The topological polar surface area (TPSA) is 75.3 Å². The highest BCUT2D eigenvalue weighted by Crippen LogP contribution is 2.19. The Labute approximate surface area is 200 Å². The molecule has 1 atom stereocenters. The fourth-order valence-electron chi connectivity index (χ4n) is 3.80. The Hall–Kier alpha value is -2.56. The van der Waals surface area contributed by atoms with Crippen molar-refractivity contribution in [3.05, 3.63) is 60.7 Å². The minimum atomic E-state index is 0. The maximum atomic E-state index is 4.83. The van der Waals surface area contributed by atoms with Crippen molar-refractivity contribution in [2.45, 2.75) is 32.4 Å². The zero-order valence-corrected chi connectivity index (χ0v) is 20.4. The molecule has 3 aromatic rings. The molecule has 1 aliphatic heterocycles. The van der Waals surface area contributed by atoms with Gasteiger partial charge in [0.25, 0.3) is 0 Å². The van der Waals surface area contributed by atoms with E-state index in [9.17, 15) is 0 Å². The van der Waals surface area contributed by atoms with Gasteiger partial charge in [-0.3, -0.25) is 4.68 Å². The van der Waals surface area contributed by atoms with Crippen LogP contribution in [0.2, 0.25) is 0 Å². The summed E-state index contributed by atoms with van der Waals surface area (Å²) in [6.07, 6.45) is 10.0. The molecule has 3 heterocycles. The second-order valence-electron chi connectivity index (χ2n) is 7.62. The minimum absolute atomic E-state index is 0. The summed E-state index contributed by atoms with van der Waals surface area (Å²) in [7, 11) is 1.96. The molecular weight excluding hydrogens is 503 g/mol. The zero-order valence-electron chi connectivity index (χ0n) is 18.1. The Morgan fingerprint density at radius 3 is 2.87 bits per heavy atom. The minimum Gasteiger partial charge on any atom is -0.367 e. The first-order chi connectivity index (χ1) is 14.7. The van der Waals surface area contributed by atoms with Crippen LogP contribution in [0.1, 0.15) is 25.3 Å². The van der Waals surface area contributed by atoms with Crippen LogP contribution in [-0.2, 0) is 13.6 Å². The molecule has 0 amide bonds. The molecule has 0 radical (unpaired) electrons. The molecule has 0 aliphatic carbocycles. The monoisotopic (exact) mass is 534 g/mol. The summed E-state index contributed by atoms with van der Waals surface area (Å²) >= 11 is 0. The number of halogens is 1. The van der Waals surface area contributed by atoms with E-state index in [1.807, 2.05) is 34.9 Å². The normalized spacial score (nSPS) is 16.6. The molecule has 1 aliphatic rings. The third-order valence-electron chi connectivity index (χ3n) is 5.26. The Morgan fingerprint density at radius 1 is 1.23 bits per heavy atom. The Morgan fingerprint density at radius 2 is 2.13 bits per heavy atom. The molecule has 0 saturated carbocycles. The first kappa shape index (κ1) is 23.1. The summed E-state index contributed by atoms with van der Waals surface area (Å²) < 4.78 is 3.72. The number of hydrogen-bond donors (Lipinski definition) is 2. The first-order valence-electron chi connectivity index (χ1n) is 10.6. The average Bonchev–Trinajstić information content (AvgIpc) is 3.45. The van der Waals surface area contributed by atoms with Gasteiger partial charge in [-0.2, -0.15) is 10.2 Å². The molecule has 0 spiro atoms. The van der Waals surface area contributed by atoms with Crippen LogP contribution in [0.4, 0.5) is 5.69 Å². The third kappa shape index (κ3) is 6.22. The number of aryl methyl sites for hydroxylation is 1. The number of hydrogen-bond acceptors (Lipinski definition) is 4. The lowest BCUT2D eigenvalue weighted by atomic mass is 10.1. The fourth-order valence-corrected chi connectivity index (χ4v) is 3.80. The van der Waals surface area contributed by atoms with Crippen LogP contribution in [0.25, 0.3) is 5.69 Å². The van der Waals surface area contributed by atoms with Gasteiger partial charge in [0.15, 0.2) is 5.96 Å². The lowest BCUT2D eigenvalue weighted by molar-refractivity contribution is 0.468. The van der Waals surface area contributed by atoms with Crippen LogP contribution in [0, 0.1) is 0 Å². The van der Waals surface area contributed by atoms with Crippen molar-refractivity contribution in [1.82, 2.24) is 30.2 Å². The van der Waals surface area contributed by atoms with Crippen molar-refractivity contribution in [2.75, 3.05) is 24.5 Å². The Balaban J connectivity index is 0.00000272. The van der Waals surface area contributed by atoms with Gasteiger partial charge >= 0.3 is 0 Å². The first-order valence-corrected chi connectivity index (χ1v) is 10.6. The van der Waals surface area contributed by atoms with Crippen molar-refractivity contribution >= 4 is 35.6 Å². The number of aliphatic imine (C=N–C) groups is 1. The van der Waals surface area contributed by atoms with Gasteiger partial charge in [0, 0.05) is 51.3 Å². The van der Waals surface area contributed by atoms with E-state index >= 15 is 0 Å². The van der Waals surface area contributed by atoms with E-state index in [-0.39, 0.29) is 24.0 Å². The predicted octanol–water partition coefficient (Wildman–Crippen LogP) is 2.95. The molecule has 0 bridgehead atoms. The fraction of sp³-hybridized carbons (Fsp3) is 0.409. The molecular formula is C22H31IN8. The Kier molecular flexibility index (Phi) is 8.33. The van der Waals surface area contributed by atoms with Gasteiger partial charge in [-0.05, 0) is 43.5 Å². The van der Waals surface area contributed by atoms with Crippen molar-refractivity contribution in [3.63, 3.8) is 0 Å². The Bertz CT molecular complexity index is 966. The molecule has 4 rings (SSSR count). The van der Waals surface area contributed by atoms with Crippen molar-refractivity contribution < 1.29 is 0 Å². The molecule has 166 valence electrons. The van der Waals surface area contributed by atoms with Gasteiger partial charge in [0.1, 0.15) is 0 Å². The van der Waals surface area contributed by atoms with Gasteiger partial charge in [-0.15, -0.1) is 24.0 Å². The number of guanidine groups is 1. The highest BCUT2D eigenvalue weighted by molar-refractivity contribution is 14.0. The standard InChI is InChI=1S/C22H30N8.HI/c1-3-23-22(24-14-18-7-4-9-20(13-18)30-12-6-10-25-30)27-19-8-5-11-29(16-19)21-15-26-28(2)17-21;/h4,6-7,9-10,12-13,15,17,19H,3,5,8,11,14,16H2,1-2H3,(H2,23,24,27);1H. The molecule has 1 fully saturated rings. The molecule has 8 nitrogen and oxygen atoms in total. The van der Waals surface area contributed by atoms with E-state index in [0.29, 0.717) is 12.6 Å². The lowest BCUT2D eigenvalue weighted by Crippen LogP contribution is -2.51. The number of nitrogens with zero attached hydrogens (tertiary/aromatic N) is 6. The molecule has 2 N–H and O–H groups in total. The van der Waals surface area contributed by atoms with Crippen LogP contribution in [0.3, 0.4) is 0 Å². The van der Waals surface area contributed by atoms with Gasteiger partial charge < -0.3 is 15.5 Å². The van der Waals surface area contributed by atoms with Gasteiger partial charge in [-0.25, -0.2) is 9.67 Å². The summed E-state index contributed by atoms with van der Waals surface area (Å²) in [4.78, 5) is 7.23. The van der Waals surface area contributed by atoms with Crippen LogP contribution >= 0.6 is 24.0 Å². The van der Waals surface area contributed by atoms with Crippen LogP contribution < -0.4 is 15.5 Å². The second-order valence-corrected chi connectivity index (χ2v) is 7.62. The number of benzene rings is 1. The van der Waals surface area contributed by atoms with Crippen LogP contribution in [0.15, 0.2) is 60.1 Å². The third-order valence-corrected chi connectivity index (χ3v) is 5.26. The second kappa shape index (κ2) is 11.2. The van der Waals surface area contributed by atoms with Gasteiger partial charge in [0.05, 0.1) is 24.1 Å². The molecule has 1 aromatic carbocycles. The van der Waals surface area contributed by atoms with Crippen LogP contribution in [0.5, 0.6) is 0 Å². The van der Waals surface area contributed by atoms with E-state index < -0.39 is 0 Å².